The minimum Gasteiger partial charge on any atom is -0.339 e. The summed E-state index contributed by atoms with van der Waals surface area (Å²) in [5.41, 5.74) is 1.10. The fourth-order valence-corrected chi connectivity index (χ4v) is 3.32. The Labute approximate surface area is 146 Å². The number of carbonyl (C=O) groups is 1. The maximum absolute atomic E-state index is 12.7. The molecule has 2 unspecified atom stereocenters. The van der Waals surface area contributed by atoms with Crippen molar-refractivity contribution in [3.05, 3.63) is 54.4 Å². The molecule has 1 aromatic carbocycles. The Kier molecular flexibility index (Phi) is 4.28. The van der Waals surface area contributed by atoms with Gasteiger partial charge in [-0.1, -0.05) is 30.3 Å². The van der Waals surface area contributed by atoms with Gasteiger partial charge in [0.05, 0.1) is 6.04 Å². The van der Waals surface area contributed by atoms with Gasteiger partial charge in [-0.3, -0.25) is 0 Å². The molecule has 0 bridgehead atoms. The van der Waals surface area contributed by atoms with E-state index in [1.807, 2.05) is 30.3 Å². The Morgan fingerprint density at radius 2 is 1.92 bits per heavy atom. The summed E-state index contributed by atoms with van der Waals surface area (Å²) in [6.45, 7) is 1.55. The number of hydrogen-bond donors (Lipinski definition) is 1. The lowest BCUT2D eigenvalue weighted by Crippen LogP contribution is -2.44. The summed E-state index contributed by atoms with van der Waals surface area (Å²) in [4.78, 5) is 23.3. The zero-order valence-electron chi connectivity index (χ0n) is 13.8. The molecule has 7 heteroatoms. The highest BCUT2D eigenvalue weighted by Crippen LogP contribution is 2.28. The topological polar surface area (TPSA) is 73.7 Å². The zero-order valence-corrected chi connectivity index (χ0v) is 13.8. The maximum atomic E-state index is 12.7. The molecule has 4 rings (SSSR count). The SMILES string of the molecule is O=C(NC1CCN(c2ncccn2)C1)N1N=CCC1c1ccccc1. The second-order valence-corrected chi connectivity index (χ2v) is 6.23. The number of benzene rings is 1. The molecular weight excluding hydrogens is 316 g/mol. The van der Waals surface area contributed by atoms with E-state index in [2.05, 4.69) is 25.3 Å². The molecule has 0 saturated carbocycles. The van der Waals surface area contributed by atoms with Gasteiger partial charge in [-0.05, 0) is 18.1 Å². The van der Waals surface area contributed by atoms with Crippen molar-refractivity contribution >= 4 is 18.2 Å². The van der Waals surface area contributed by atoms with Crippen LogP contribution < -0.4 is 10.2 Å². The molecule has 2 atom stereocenters. The van der Waals surface area contributed by atoms with Crippen LogP contribution in [-0.2, 0) is 0 Å². The van der Waals surface area contributed by atoms with Gasteiger partial charge in [0, 0.05) is 44.2 Å². The third-order valence-electron chi connectivity index (χ3n) is 4.57. The minimum absolute atomic E-state index is 0.0313. The summed E-state index contributed by atoms with van der Waals surface area (Å²) in [7, 11) is 0. The fourth-order valence-electron chi connectivity index (χ4n) is 3.32. The number of hydrogen-bond acceptors (Lipinski definition) is 5. The summed E-state index contributed by atoms with van der Waals surface area (Å²) < 4.78 is 0. The van der Waals surface area contributed by atoms with E-state index in [0.717, 1.165) is 24.9 Å². The predicted octanol–water partition coefficient (Wildman–Crippen LogP) is 2.20. The van der Waals surface area contributed by atoms with Crippen molar-refractivity contribution in [1.29, 1.82) is 0 Å². The molecule has 1 N–H and O–H groups in total. The lowest BCUT2D eigenvalue weighted by atomic mass is 10.1. The Balaban J connectivity index is 1.38. The third kappa shape index (κ3) is 3.31. The lowest BCUT2D eigenvalue weighted by Gasteiger charge is -2.24. The van der Waals surface area contributed by atoms with Crippen LogP contribution in [0.3, 0.4) is 0 Å². The van der Waals surface area contributed by atoms with Gasteiger partial charge in [0.1, 0.15) is 0 Å². The van der Waals surface area contributed by atoms with Crippen LogP contribution in [0.2, 0.25) is 0 Å². The zero-order chi connectivity index (χ0) is 17.1. The van der Waals surface area contributed by atoms with E-state index in [9.17, 15) is 4.79 Å². The standard InChI is InChI=1S/C18H20N6O/c25-18(24-16(7-11-21-24)14-5-2-1-3-6-14)22-15-8-12-23(13-15)17-19-9-4-10-20-17/h1-6,9-11,15-16H,7-8,12-13H2,(H,22,25). The van der Waals surface area contributed by atoms with Gasteiger partial charge in [0.25, 0.3) is 0 Å². The molecule has 2 aliphatic rings. The maximum Gasteiger partial charge on any atom is 0.338 e. The van der Waals surface area contributed by atoms with E-state index in [-0.39, 0.29) is 18.1 Å². The number of amides is 2. The second kappa shape index (κ2) is 6.88. The van der Waals surface area contributed by atoms with E-state index in [0.29, 0.717) is 12.5 Å². The Hall–Kier alpha value is -2.96. The molecule has 1 saturated heterocycles. The minimum atomic E-state index is -0.150. The second-order valence-electron chi connectivity index (χ2n) is 6.23. The van der Waals surface area contributed by atoms with Crippen molar-refractivity contribution in [1.82, 2.24) is 20.3 Å². The highest BCUT2D eigenvalue weighted by Gasteiger charge is 2.31. The Bertz CT molecular complexity index is 751. The van der Waals surface area contributed by atoms with E-state index in [1.54, 1.807) is 29.7 Å². The first-order valence-corrected chi connectivity index (χ1v) is 8.50. The lowest BCUT2D eigenvalue weighted by molar-refractivity contribution is 0.183. The molecule has 2 aromatic rings. The molecule has 2 amide bonds. The molecule has 7 nitrogen and oxygen atoms in total. The summed E-state index contributed by atoms with van der Waals surface area (Å²) in [6.07, 6.45) is 6.88. The summed E-state index contributed by atoms with van der Waals surface area (Å²) in [5, 5.41) is 8.92. The van der Waals surface area contributed by atoms with Crippen molar-refractivity contribution in [2.24, 2.45) is 5.10 Å². The number of hydrazone groups is 1. The molecule has 25 heavy (non-hydrogen) atoms. The Morgan fingerprint density at radius 3 is 2.72 bits per heavy atom. The number of aromatic nitrogens is 2. The molecule has 0 radical (unpaired) electrons. The van der Waals surface area contributed by atoms with E-state index < -0.39 is 0 Å². The number of carbonyl (C=O) groups excluding carboxylic acids is 1. The van der Waals surface area contributed by atoms with Gasteiger partial charge in [-0.25, -0.2) is 19.8 Å². The van der Waals surface area contributed by atoms with E-state index >= 15 is 0 Å². The summed E-state index contributed by atoms with van der Waals surface area (Å²) in [5.74, 6) is 0.709. The number of nitrogens with zero attached hydrogens (tertiary/aromatic N) is 5. The summed E-state index contributed by atoms with van der Waals surface area (Å²) >= 11 is 0. The van der Waals surface area contributed by atoms with E-state index in [4.69, 9.17) is 0 Å². The molecular formula is C18H20N6O. The molecule has 0 aliphatic carbocycles. The molecule has 0 spiro atoms. The van der Waals surface area contributed by atoms with Crippen LogP contribution >= 0.6 is 0 Å². The van der Waals surface area contributed by atoms with E-state index in [1.165, 1.54) is 0 Å². The number of nitrogens with one attached hydrogen (secondary N) is 1. The predicted molar refractivity (Wildman–Crippen MR) is 95.3 cm³/mol. The molecule has 128 valence electrons. The van der Waals surface area contributed by atoms with Crippen molar-refractivity contribution in [2.45, 2.75) is 24.9 Å². The first-order chi connectivity index (χ1) is 12.3. The summed E-state index contributed by atoms with van der Waals surface area (Å²) in [6, 6.07) is 11.7. The normalized spacial score (nSPS) is 22.4. The highest BCUT2D eigenvalue weighted by molar-refractivity contribution is 5.78. The van der Waals surface area contributed by atoms with Crippen LogP contribution in [0.15, 0.2) is 53.9 Å². The molecule has 2 aliphatic heterocycles. The van der Waals surface area contributed by atoms with Crippen LogP contribution in [0.4, 0.5) is 10.7 Å². The van der Waals surface area contributed by atoms with Gasteiger partial charge < -0.3 is 10.2 Å². The van der Waals surface area contributed by atoms with Crippen molar-refractivity contribution < 1.29 is 4.79 Å². The first-order valence-electron chi connectivity index (χ1n) is 8.50. The van der Waals surface area contributed by atoms with Gasteiger partial charge in [-0.15, -0.1) is 0 Å². The van der Waals surface area contributed by atoms with Crippen molar-refractivity contribution in [2.75, 3.05) is 18.0 Å². The number of rotatable bonds is 3. The molecule has 1 fully saturated rings. The van der Waals surface area contributed by atoms with Gasteiger partial charge in [0.15, 0.2) is 0 Å². The van der Waals surface area contributed by atoms with Gasteiger partial charge in [0.2, 0.25) is 5.95 Å². The fraction of sp³-hybridized carbons (Fsp3) is 0.333. The van der Waals surface area contributed by atoms with Crippen molar-refractivity contribution in [3.8, 4) is 0 Å². The quantitative estimate of drug-likeness (QED) is 0.932. The van der Waals surface area contributed by atoms with Crippen LogP contribution in [0, 0.1) is 0 Å². The first kappa shape index (κ1) is 15.6. The van der Waals surface area contributed by atoms with Gasteiger partial charge >= 0.3 is 6.03 Å². The molecule has 1 aromatic heterocycles. The Morgan fingerprint density at radius 1 is 1.12 bits per heavy atom. The highest BCUT2D eigenvalue weighted by atomic mass is 16.2. The molecule has 3 heterocycles. The van der Waals surface area contributed by atoms with Crippen LogP contribution in [0.25, 0.3) is 0 Å². The smallest absolute Gasteiger partial charge is 0.338 e. The van der Waals surface area contributed by atoms with Crippen LogP contribution in [-0.4, -0.2) is 46.4 Å². The average Bonchev–Trinajstić information content (AvgIpc) is 3.33. The monoisotopic (exact) mass is 336 g/mol. The number of anilines is 1. The third-order valence-corrected chi connectivity index (χ3v) is 4.57. The van der Waals surface area contributed by atoms with Crippen molar-refractivity contribution in [3.63, 3.8) is 0 Å². The average molecular weight is 336 g/mol. The van der Waals surface area contributed by atoms with Gasteiger partial charge in [-0.2, -0.15) is 5.10 Å². The van der Waals surface area contributed by atoms with Crippen LogP contribution in [0.5, 0.6) is 0 Å². The largest absolute Gasteiger partial charge is 0.339 e. The number of urea groups is 1. The van der Waals surface area contributed by atoms with Crippen LogP contribution in [0.1, 0.15) is 24.4 Å².